The molecule has 1 aromatic heterocycles. The molecule has 1 fully saturated rings. The third kappa shape index (κ3) is 3.33. The van der Waals surface area contributed by atoms with E-state index in [1.54, 1.807) is 0 Å². The second-order valence-electron chi connectivity index (χ2n) is 5.53. The first kappa shape index (κ1) is 14.7. The number of halogens is 1. The molecule has 0 radical (unpaired) electrons. The lowest BCUT2D eigenvalue weighted by Crippen LogP contribution is -2.30. The zero-order chi connectivity index (χ0) is 14.8. The van der Waals surface area contributed by atoms with E-state index in [-0.39, 0.29) is 6.04 Å². The van der Waals surface area contributed by atoms with Gasteiger partial charge in [-0.15, -0.1) is 0 Å². The molecular weight excluding hydrogens is 332 g/mol. The van der Waals surface area contributed by atoms with E-state index in [0.717, 1.165) is 35.2 Å². The Morgan fingerprint density at radius 1 is 1.38 bits per heavy atom. The Balaban J connectivity index is 1.77. The normalized spacial score (nSPS) is 17.3. The quantitative estimate of drug-likeness (QED) is 0.917. The average Bonchev–Trinajstić information content (AvgIpc) is 3.12. The summed E-state index contributed by atoms with van der Waals surface area (Å²) >= 11 is 3.47. The molecule has 0 spiro atoms. The molecular formula is C15H19BrN4O. The van der Waals surface area contributed by atoms with E-state index in [0.29, 0.717) is 11.7 Å². The van der Waals surface area contributed by atoms with E-state index in [2.05, 4.69) is 31.0 Å². The molecule has 1 aromatic carbocycles. The van der Waals surface area contributed by atoms with E-state index in [4.69, 9.17) is 10.3 Å². The highest BCUT2D eigenvalue weighted by molar-refractivity contribution is 9.10. The Hall–Kier alpha value is -1.24. The molecule has 5 nitrogen and oxygen atoms in total. The van der Waals surface area contributed by atoms with Crippen molar-refractivity contribution < 1.29 is 4.52 Å². The predicted molar refractivity (Wildman–Crippen MR) is 84.8 cm³/mol. The van der Waals surface area contributed by atoms with Gasteiger partial charge in [-0.3, -0.25) is 0 Å². The van der Waals surface area contributed by atoms with Crippen LogP contribution in [0.1, 0.15) is 30.3 Å². The van der Waals surface area contributed by atoms with E-state index < -0.39 is 0 Å². The van der Waals surface area contributed by atoms with Crippen molar-refractivity contribution in [2.45, 2.75) is 25.8 Å². The summed E-state index contributed by atoms with van der Waals surface area (Å²) in [4.78, 5) is 6.83. The van der Waals surface area contributed by atoms with Gasteiger partial charge in [-0.2, -0.15) is 4.98 Å². The van der Waals surface area contributed by atoms with Crippen molar-refractivity contribution in [3.63, 3.8) is 0 Å². The number of nitrogens with two attached hydrogens (primary N) is 1. The minimum absolute atomic E-state index is 0.201. The molecule has 112 valence electrons. The van der Waals surface area contributed by atoms with Crippen LogP contribution >= 0.6 is 15.9 Å². The van der Waals surface area contributed by atoms with E-state index in [1.807, 2.05) is 25.1 Å². The van der Waals surface area contributed by atoms with Crippen molar-refractivity contribution in [2.24, 2.45) is 5.73 Å². The molecule has 6 heteroatoms. The van der Waals surface area contributed by atoms with E-state index in [1.165, 1.54) is 12.8 Å². The molecule has 2 N–H and O–H groups in total. The lowest BCUT2D eigenvalue weighted by molar-refractivity contribution is 0.306. The molecule has 0 aliphatic carbocycles. The van der Waals surface area contributed by atoms with Gasteiger partial charge in [-0.1, -0.05) is 27.2 Å². The smallest absolute Gasteiger partial charge is 0.258 e. The Labute approximate surface area is 132 Å². The minimum Gasteiger partial charge on any atom is -0.334 e. The van der Waals surface area contributed by atoms with Crippen molar-refractivity contribution in [2.75, 3.05) is 19.6 Å². The van der Waals surface area contributed by atoms with Gasteiger partial charge in [0, 0.05) is 16.6 Å². The van der Waals surface area contributed by atoms with Gasteiger partial charge in [0.05, 0.1) is 6.04 Å². The van der Waals surface area contributed by atoms with Gasteiger partial charge < -0.3 is 15.2 Å². The summed E-state index contributed by atoms with van der Waals surface area (Å²) in [5, 5.41) is 4.05. The number of nitrogens with zero attached hydrogens (tertiary/aromatic N) is 3. The van der Waals surface area contributed by atoms with Gasteiger partial charge in [-0.05, 0) is 50.6 Å². The van der Waals surface area contributed by atoms with Crippen molar-refractivity contribution in [3.8, 4) is 11.5 Å². The molecule has 1 unspecified atom stereocenters. The predicted octanol–water partition coefficient (Wildman–Crippen LogP) is 2.90. The fraction of sp³-hybridized carbons (Fsp3) is 0.467. The van der Waals surface area contributed by atoms with Gasteiger partial charge >= 0.3 is 0 Å². The SMILES string of the molecule is Cc1ccc(Br)cc1-c1nc(C(N)CN2CCCC2)no1. The topological polar surface area (TPSA) is 68.2 Å². The highest BCUT2D eigenvalue weighted by atomic mass is 79.9. The Morgan fingerprint density at radius 2 is 2.14 bits per heavy atom. The van der Waals surface area contributed by atoms with Crippen LogP contribution in [0.4, 0.5) is 0 Å². The third-order valence-electron chi connectivity index (χ3n) is 3.86. The van der Waals surface area contributed by atoms with Crippen LogP contribution in [0, 0.1) is 6.92 Å². The highest BCUT2D eigenvalue weighted by Gasteiger charge is 2.21. The lowest BCUT2D eigenvalue weighted by Gasteiger charge is -2.17. The third-order valence-corrected chi connectivity index (χ3v) is 4.35. The summed E-state index contributed by atoms with van der Waals surface area (Å²) in [7, 11) is 0. The Bertz CT molecular complexity index is 622. The standard InChI is InChI=1S/C15H19BrN4O/c1-10-4-5-11(16)8-12(10)15-18-14(19-21-15)13(17)9-20-6-2-3-7-20/h4-5,8,13H,2-3,6-7,9,17H2,1H3. The molecule has 2 aromatic rings. The number of aromatic nitrogens is 2. The van der Waals surface area contributed by atoms with Gasteiger partial charge in [-0.25, -0.2) is 0 Å². The van der Waals surface area contributed by atoms with Crippen LogP contribution in [0.3, 0.4) is 0 Å². The number of benzene rings is 1. The van der Waals surface area contributed by atoms with E-state index >= 15 is 0 Å². The number of likely N-dealkylation sites (tertiary alicyclic amines) is 1. The largest absolute Gasteiger partial charge is 0.334 e. The minimum atomic E-state index is -0.201. The first-order chi connectivity index (χ1) is 10.1. The molecule has 1 aliphatic heterocycles. The molecule has 1 aliphatic rings. The van der Waals surface area contributed by atoms with Crippen molar-refractivity contribution in [3.05, 3.63) is 34.1 Å². The second-order valence-corrected chi connectivity index (χ2v) is 6.45. The van der Waals surface area contributed by atoms with Crippen molar-refractivity contribution in [1.29, 1.82) is 0 Å². The molecule has 0 bridgehead atoms. The first-order valence-electron chi connectivity index (χ1n) is 7.21. The number of hydrogen-bond acceptors (Lipinski definition) is 5. The second kappa shape index (κ2) is 6.25. The number of aryl methyl sites for hydroxylation is 1. The van der Waals surface area contributed by atoms with Gasteiger partial charge in [0.25, 0.3) is 5.89 Å². The molecule has 1 saturated heterocycles. The van der Waals surface area contributed by atoms with Crippen LogP contribution in [0.25, 0.3) is 11.5 Å². The van der Waals surface area contributed by atoms with Gasteiger partial charge in [0.2, 0.25) is 0 Å². The summed E-state index contributed by atoms with van der Waals surface area (Å²) in [5.74, 6) is 1.11. The van der Waals surface area contributed by atoms with Crippen LogP contribution < -0.4 is 5.73 Å². The molecule has 1 atom stereocenters. The molecule has 3 rings (SSSR count). The first-order valence-corrected chi connectivity index (χ1v) is 8.01. The number of rotatable bonds is 4. The zero-order valence-electron chi connectivity index (χ0n) is 12.1. The fourth-order valence-corrected chi connectivity index (χ4v) is 3.01. The highest BCUT2D eigenvalue weighted by Crippen LogP contribution is 2.26. The average molecular weight is 351 g/mol. The zero-order valence-corrected chi connectivity index (χ0v) is 13.6. The summed E-state index contributed by atoms with van der Waals surface area (Å²) < 4.78 is 6.38. The number of hydrogen-bond donors (Lipinski definition) is 1. The van der Waals surface area contributed by atoms with Crippen LogP contribution in [-0.2, 0) is 0 Å². The van der Waals surface area contributed by atoms with Gasteiger partial charge in [0.15, 0.2) is 5.82 Å². The van der Waals surface area contributed by atoms with Crippen LogP contribution in [0.5, 0.6) is 0 Å². The summed E-state index contributed by atoms with van der Waals surface area (Å²) in [6.07, 6.45) is 2.50. The monoisotopic (exact) mass is 350 g/mol. The van der Waals surface area contributed by atoms with Crippen LogP contribution in [0.15, 0.2) is 27.2 Å². The molecule has 0 amide bonds. The van der Waals surface area contributed by atoms with Gasteiger partial charge in [0.1, 0.15) is 0 Å². The maximum Gasteiger partial charge on any atom is 0.258 e. The maximum absolute atomic E-state index is 6.20. The molecule has 2 heterocycles. The van der Waals surface area contributed by atoms with Crippen molar-refractivity contribution in [1.82, 2.24) is 15.0 Å². The Morgan fingerprint density at radius 3 is 2.90 bits per heavy atom. The fourth-order valence-electron chi connectivity index (χ4n) is 2.64. The van der Waals surface area contributed by atoms with E-state index in [9.17, 15) is 0 Å². The van der Waals surface area contributed by atoms with Crippen LogP contribution in [0.2, 0.25) is 0 Å². The summed E-state index contributed by atoms with van der Waals surface area (Å²) in [5.41, 5.74) is 8.24. The maximum atomic E-state index is 6.20. The summed E-state index contributed by atoms with van der Waals surface area (Å²) in [6.45, 7) is 5.04. The van der Waals surface area contributed by atoms with Crippen molar-refractivity contribution >= 4 is 15.9 Å². The molecule has 0 saturated carbocycles. The van der Waals surface area contributed by atoms with Crippen LogP contribution in [-0.4, -0.2) is 34.7 Å². The molecule has 21 heavy (non-hydrogen) atoms. The Kier molecular flexibility index (Phi) is 4.37. The summed E-state index contributed by atoms with van der Waals surface area (Å²) in [6, 6.07) is 5.80. The lowest BCUT2D eigenvalue weighted by atomic mass is 10.1.